The fourth-order valence-corrected chi connectivity index (χ4v) is 2.77. The van der Waals surface area contributed by atoms with Gasteiger partial charge in [-0.1, -0.05) is 35.5 Å². The van der Waals surface area contributed by atoms with Crippen molar-refractivity contribution in [3.8, 4) is 11.3 Å². The zero-order valence-corrected chi connectivity index (χ0v) is 15.4. The Kier molecular flexibility index (Phi) is 5.24. The third-order valence-electron chi connectivity index (χ3n) is 4.30. The van der Waals surface area contributed by atoms with Crippen LogP contribution in [0.5, 0.6) is 0 Å². The summed E-state index contributed by atoms with van der Waals surface area (Å²) in [5, 5.41) is 9.93. The van der Waals surface area contributed by atoms with Crippen LogP contribution in [0.15, 0.2) is 53.2 Å². The number of hydrogen-bond acceptors (Lipinski definition) is 4. The van der Waals surface area contributed by atoms with Crippen molar-refractivity contribution >= 4 is 11.7 Å². The Morgan fingerprint density at radius 1 is 0.935 bits per heavy atom. The van der Waals surface area contributed by atoms with Gasteiger partial charge in [-0.25, -0.2) is 22.0 Å². The molecule has 0 radical (unpaired) electrons. The highest BCUT2D eigenvalue weighted by molar-refractivity contribution is 6.02. The standard InChI is InChI=1S/C20H11F5N4O2/c21-15-11(16(22)18(24)19(25)17(15)23)9-29-7-6-14(27-29)26-20(30)12-8-13(31-28-12)10-4-2-1-3-5-10/h1-8H,9H2,(H,26,27,30). The lowest BCUT2D eigenvalue weighted by molar-refractivity contribution is 0.101. The zero-order chi connectivity index (χ0) is 22.1. The number of aromatic nitrogens is 3. The molecule has 31 heavy (non-hydrogen) atoms. The number of carbonyl (C=O) groups excluding carboxylic acids is 1. The van der Waals surface area contributed by atoms with Crippen molar-refractivity contribution in [2.75, 3.05) is 5.32 Å². The molecule has 0 spiro atoms. The molecular weight excluding hydrogens is 423 g/mol. The highest BCUT2D eigenvalue weighted by Gasteiger charge is 2.26. The number of amides is 1. The molecule has 0 saturated carbocycles. The van der Waals surface area contributed by atoms with Crippen molar-refractivity contribution in [1.29, 1.82) is 0 Å². The molecule has 6 nitrogen and oxygen atoms in total. The lowest BCUT2D eigenvalue weighted by Gasteiger charge is -2.08. The van der Waals surface area contributed by atoms with E-state index in [1.165, 1.54) is 18.3 Å². The van der Waals surface area contributed by atoms with Crippen LogP contribution in [0.2, 0.25) is 0 Å². The summed E-state index contributed by atoms with van der Waals surface area (Å²) >= 11 is 0. The molecule has 2 aromatic carbocycles. The predicted molar refractivity (Wildman–Crippen MR) is 97.5 cm³/mol. The van der Waals surface area contributed by atoms with Crippen molar-refractivity contribution in [1.82, 2.24) is 14.9 Å². The van der Waals surface area contributed by atoms with E-state index in [0.717, 1.165) is 4.68 Å². The van der Waals surface area contributed by atoms with Gasteiger partial charge in [0.15, 0.2) is 40.5 Å². The zero-order valence-electron chi connectivity index (χ0n) is 15.4. The summed E-state index contributed by atoms with van der Waals surface area (Å²) in [4.78, 5) is 12.3. The van der Waals surface area contributed by atoms with E-state index >= 15 is 0 Å². The van der Waals surface area contributed by atoms with Gasteiger partial charge in [-0.3, -0.25) is 9.48 Å². The van der Waals surface area contributed by atoms with Gasteiger partial charge >= 0.3 is 0 Å². The summed E-state index contributed by atoms with van der Waals surface area (Å²) in [6.07, 6.45) is 1.20. The first kappa shape index (κ1) is 20.3. The molecule has 11 heteroatoms. The van der Waals surface area contributed by atoms with Gasteiger partial charge in [0.2, 0.25) is 5.82 Å². The van der Waals surface area contributed by atoms with Gasteiger partial charge in [0.25, 0.3) is 5.91 Å². The highest BCUT2D eigenvalue weighted by atomic mass is 19.2. The maximum absolute atomic E-state index is 13.8. The van der Waals surface area contributed by atoms with Crippen LogP contribution in [0.1, 0.15) is 16.1 Å². The average Bonchev–Trinajstić information content (AvgIpc) is 3.44. The topological polar surface area (TPSA) is 73.0 Å². The van der Waals surface area contributed by atoms with E-state index in [9.17, 15) is 26.7 Å². The first-order valence-electron chi connectivity index (χ1n) is 8.72. The Morgan fingerprint density at radius 3 is 2.26 bits per heavy atom. The van der Waals surface area contributed by atoms with E-state index in [1.807, 2.05) is 6.07 Å². The van der Waals surface area contributed by atoms with E-state index in [0.29, 0.717) is 11.3 Å². The number of carbonyl (C=O) groups is 1. The van der Waals surface area contributed by atoms with Crippen LogP contribution in [0.25, 0.3) is 11.3 Å². The first-order valence-corrected chi connectivity index (χ1v) is 8.72. The van der Waals surface area contributed by atoms with Crippen LogP contribution in [0, 0.1) is 29.1 Å². The molecule has 0 aliphatic rings. The van der Waals surface area contributed by atoms with E-state index in [2.05, 4.69) is 15.6 Å². The van der Waals surface area contributed by atoms with E-state index < -0.39 is 47.1 Å². The molecule has 0 fully saturated rings. The van der Waals surface area contributed by atoms with Crippen molar-refractivity contribution in [2.24, 2.45) is 0 Å². The molecule has 2 aromatic heterocycles. The van der Waals surface area contributed by atoms with Crippen LogP contribution in [-0.4, -0.2) is 20.8 Å². The molecule has 0 bridgehead atoms. The first-order chi connectivity index (χ1) is 14.8. The number of rotatable bonds is 5. The summed E-state index contributed by atoms with van der Waals surface area (Å²) in [5.74, 6) is -10.6. The minimum absolute atomic E-state index is 0.0295. The molecule has 1 amide bonds. The van der Waals surface area contributed by atoms with Gasteiger partial charge in [-0.2, -0.15) is 5.10 Å². The quantitative estimate of drug-likeness (QED) is 0.285. The molecule has 1 N–H and O–H groups in total. The Bertz CT molecular complexity index is 1240. The van der Waals surface area contributed by atoms with Crippen molar-refractivity contribution in [3.63, 3.8) is 0 Å². The van der Waals surface area contributed by atoms with Gasteiger partial charge in [0.05, 0.1) is 12.1 Å². The van der Waals surface area contributed by atoms with E-state index in [1.54, 1.807) is 24.3 Å². The van der Waals surface area contributed by atoms with E-state index in [4.69, 9.17) is 4.52 Å². The minimum Gasteiger partial charge on any atom is -0.355 e. The van der Waals surface area contributed by atoms with Crippen molar-refractivity contribution in [3.05, 3.63) is 89.0 Å². The number of nitrogens with one attached hydrogen (secondary N) is 1. The molecular formula is C20H11F5N4O2. The average molecular weight is 434 g/mol. The maximum atomic E-state index is 13.8. The van der Waals surface area contributed by atoms with E-state index in [-0.39, 0.29) is 11.5 Å². The molecule has 0 aliphatic heterocycles. The van der Waals surface area contributed by atoms with Gasteiger partial charge in [-0.15, -0.1) is 0 Å². The molecule has 2 heterocycles. The molecule has 0 saturated heterocycles. The van der Waals surface area contributed by atoms with Gasteiger partial charge < -0.3 is 9.84 Å². The van der Waals surface area contributed by atoms with Crippen LogP contribution in [0.3, 0.4) is 0 Å². The van der Waals surface area contributed by atoms with Crippen LogP contribution >= 0.6 is 0 Å². The lowest BCUT2D eigenvalue weighted by Crippen LogP contribution is -2.14. The summed E-state index contributed by atoms with van der Waals surface area (Å²) in [7, 11) is 0. The second-order valence-electron chi connectivity index (χ2n) is 6.34. The largest absolute Gasteiger partial charge is 0.355 e. The number of anilines is 1. The molecule has 4 rings (SSSR count). The van der Waals surface area contributed by atoms with Crippen molar-refractivity contribution in [2.45, 2.75) is 6.54 Å². The van der Waals surface area contributed by atoms with Gasteiger partial charge in [-0.05, 0) is 0 Å². The smallest absolute Gasteiger partial charge is 0.279 e. The van der Waals surface area contributed by atoms with Crippen LogP contribution < -0.4 is 5.32 Å². The maximum Gasteiger partial charge on any atom is 0.279 e. The number of nitrogens with zero attached hydrogens (tertiary/aromatic N) is 3. The number of halogens is 5. The van der Waals surface area contributed by atoms with Crippen LogP contribution in [0.4, 0.5) is 27.8 Å². The van der Waals surface area contributed by atoms with Crippen LogP contribution in [-0.2, 0) is 6.54 Å². The predicted octanol–water partition coefficient (Wildman–Crippen LogP) is 4.53. The Balaban J connectivity index is 1.49. The molecule has 4 aromatic rings. The lowest BCUT2D eigenvalue weighted by atomic mass is 10.1. The second-order valence-corrected chi connectivity index (χ2v) is 6.34. The van der Waals surface area contributed by atoms with Gasteiger partial charge in [0, 0.05) is 23.9 Å². The summed E-state index contributed by atoms with van der Waals surface area (Å²) in [5.41, 5.74) is -0.393. The normalized spacial score (nSPS) is 11.0. The Hall–Kier alpha value is -4.02. The Labute approximate surface area is 170 Å². The number of hydrogen-bond donors (Lipinski definition) is 1. The SMILES string of the molecule is O=C(Nc1ccn(Cc2c(F)c(F)c(F)c(F)c2F)n1)c1cc(-c2ccccc2)on1. The Morgan fingerprint density at radius 2 is 1.58 bits per heavy atom. The third kappa shape index (κ3) is 3.89. The van der Waals surface area contributed by atoms with Gasteiger partial charge in [0.1, 0.15) is 0 Å². The number of benzene rings is 2. The highest BCUT2D eigenvalue weighted by Crippen LogP contribution is 2.24. The second kappa shape index (κ2) is 8.01. The summed E-state index contributed by atoms with van der Waals surface area (Å²) in [6, 6.07) is 11.6. The van der Waals surface area contributed by atoms with Crippen molar-refractivity contribution < 1.29 is 31.3 Å². The molecule has 0 atom stereocenters. The third-order valence-corrected chi connectivity index (χ3v) is 4.30. The monoisotopic (exact) mass is 434 g/mol. The minimum atomic E-state index is -2.24. The fourth-order valence-electron chi connectivity index (χ4n) is 2.77. The summed E-state index contributed by atoms with van der Waals surface area (Å²) in [6.45, 7) is -0.746. The summed E-state index contributed by atoms with van der Waals surface area (Å²) < 4.78 is 73.5. The fraction of sp³-hybridized carbons (Fsp3) is 0.0500. The molecule has 0 unspecified atom stereocenters. The molecule has 158 valence electrons. The molecule has 0 aliphatic carbocycles.